The molecule has 0 aliphatic heterocycles. The summed E-state index contributed by atoms with van der Waals surface area (Å²) in [6.07, 6.45) is 1.61. The van der Waals surface area contributed by atoms with E-state index in [9.17, 15) is 0 Å². The van der Waals surface area contributed by atoms with Gasteiger partial charge in [0.25, 0.3) is 0 Å². The SMILES string of the molecule is OC1CC(Oc2ccc(I)cc2)C1. The van der Waals surface area contributed by atoms with E-state index in [1.54, 1.807) is 0 Å². The topological polar surface area (TPSA) is 29.5 Å². The van der Waals surface area contributed by atoms with Crippen molar-refractivity contribution in [2.45, 2.75) is 25.0 Å². The molecule has 2 nitrogen and oxygen atoms in total. The first kappa shape index (κ1) is 9.27. The Balaban J connectivity index is 1.91. The van der Waals surface area contributed by atoms with Crippen molar-refractivity contribution in [3.63, 3.8) is 0 Å². The van der Waals surface area contributed by atoms with Crippen LogP contribution in [-0.4, -0.2) is 17.3 Å². The molecule has 1 fully saturated rings. The molecule has 0 radical (unpaired) electrons. The number of aliphatic hydroxyl groups is 1. The molecule has 0 spiro atoms. The number of hydrogen-bond acceptors (Lipinski definition) is 2. The molecule has 13 heavy (non-hydrogen) atoms. The first-order valence-corrected chi connectivity index (χ1v) is 5.42. The summed E-state index contributed by atoms with van der Waals surface area (Å²) in [7, 11) is 0. The lowest BCUT2D eigenvalue weighted by molar-refractivity contribution is -0.0107. The largest absolute Gasteiger partial charge is 0.490 e. The van der Waals surface area contributed by atoms with Crippen LogP contribution in [0.2, 0.25) is 0 Å². The van der Waals surface area contributed by atoms with Crippen LogP contribution in [0, 0.1) is 3.57 Å². The van der Waals surface area contributed by atoms with Crippen LogP contribution in [0.5, 0.6) is 5.75 Å². The maximum absolute atomic E-state index is 9.06. The van der Waals surface area contributed by atoms with Crippen LogP contribution in [-0.2, 0) is 0 Å². The van der Waals surface area contributed by atoms with Crippen LogP contribution in [0.4, 0.5) is 0 Å². The van der Waals surface area contributed by atoms with Gasteiger partial charge in [-0.3, -0.25) is 0 Å². The standard InChI is InChI=1S/C10H11IO2/c11-7-1-3-9(4-2-7)13-10-5-8(12)6-10/h1-4,8,10,12H,5-6H2. The normalized spacial score (nSPS) is 26.6. The Morgan fingerprint density at radius 1 is 1.23 bits per heavy atom. The van der Waals surface area contributed by atoms with Crippen molar-refractivity contribution >= 4 is 22.6 Å². The molecule has 0 unspecified atom stereocenters. The third-order valence-electron chi connectivity index (χ3n) is 2.19. The van der Waals surface area contributed by atoms with Gasteiger partial charge in [-0.15, -0.1) is 0 Å². The summed E-state index contributed by atoms with van der Waals surface area (Å²) in [5.41, 5.74) is 0. The highest BCUT2D eigenvalue weighted by molar-refractivity contribution is 14.1. The van der Waals surface area contributed by atoms with E-state index in [1.807, 2.05) is 24.3 Å². The van der Waals surface area contributed by atoms with Gasteiger partial charge in [0, 0.05) is 16.4 Å². The van der Waals surface area contributed by atoms with Crippen LogP contribution in [0.1, 0.15) is 12.8 Å². The average molecular weight is 290 g/mol. The van der Waals surface area contributed by atoms with Gasteiger partial charge in [-0.2, -0.15) is 0 Å². The molecule has 0 atom stereocenters. The van der Waals surface area contributed by atoms with Gasteiger partial charge >= 0.3 is 0 Å². The molecule has 1 aliphatic carbocycles. The van der Waals surface area contributed by atoms with E-state index in [4.69, 9.17) is 9.84 Å². The van der Waals surface area contributed by atoms with Crippen LogP contribution >= 0.6 is 22.6 Å². The van der Waals surface area contributed by atoms with E-state index < -0.39 is 0 Å². The third kappa shape index (κ3) is 2.34. The second-order valence-electron chi connectivity index (χ2n) is 3.32. The maximum Gasteiger partial charge on any atom is 0.119 e. The number of ether oxygens (including phenoxy) is 1. The molecular weight excluding hydrogens is 279 g/mol. The maximum atomic E-state index is 9.06. The summed E-state index contributed by atoms with van der Waals surface area (Å²) < 4.78 is 6.82. The molecule has 1 aliphatic rings. The zero-order chi connectivity index (χ0) is 9.26. The van der Waals surface area contributed by atoms with E-state index in [0.717, 1.165) is 18.6 Å². The van der Waals surface area contributed by atoms with Crippen molar-refractivity contribution in [2.24, 2.45) is 0 Å². The fraction of sp³-hybridized carbons (Fsp3) is 0.400. The lowest BCUT2D eigenvalue weighted by Gasteiger charge is -2.31. The van der Waals surface area contributed by atoms with Crippen LogP contribution in [0.25, 0.3) is 0 Å². The Morgan fingerprint density at radius 2 is 1.85 bits per heavy atom. The lowest BCUT2D eigenvalue weighted by Crippen LogP contribution is -2.37. The molecule has 0 saturated heterocycles. The van der Waals surface area contributed by atoms with Crippen molar-refractivity contribution in [2.75, 3.05) is 0 Å². The fourth-order valence-corrected chi connectivity index (χ4v) is 1.70. The van der Waals surface area contributed by atoms with Gasteiger partial charge in [-0.1, -0.05) is 0 Å². The van der Waals surface area contributed by atoms with Crippen LogP contribution < -0.4 is 4.74 Å². The van der Waals surface area contributed by atoms with Crippen molar-refractivity contribution < 1.29 is 9.84 Å². The fourth-order valence-electron chi connectivity index (χ4n) is 1.34. The smallest absolute Gasteiger partial charge is 0.119 e. The summed E-state index contributed by atoms with van der Waals surface area (Å²) in [6.45, 7) is 0. The van der Waals surface area contributed by atoms with E-state index >= 15 is 0 Å². The van der Waals surface area contributed by atoms with Crippen LogP contribution in [0.15, 0.2) is 24.3 Å². The Morgan fingerprint density at radius 3 is 2.38 bits per heavy atom. The van der Waals surface area contributed by atoms with Gasteiger partial charge in [0.2, 0.25) is 0 Å². The summed E-state index contributed by atoms with van der Waals surface area (Å²) >= 11 is 2.26. The van der Waals surface area contributed by atoms with Crippen molar-refractivity contribution in [1.82, 2.24) is 0 Å². The summed E-state index contributed by atoms with van der Waals surface area (Å²) in [4.78, 5) is 0. The Labute approximate surface area is 91.1 Å². The predicted molar refractivity (Wildman–Crippen MR) is 58.8 cm³/mol. The predicted octanol–water partition coefficient (Wildman–Crippen LogP) is 2.19. The molecule has 0 bridgehead atoms. The molecule has 2 rings (SSSR count). The van der Waals surface area contributed by atoms with Gasteiger partial charge in [-0.25, -0.2) is 0 Å². The summed E-state index contributed by atoms with van der Waals surface area (Å²) in [5.74, 6) is 0.900. The minimum atomic E-state index is -0.145. The van der Waals surface area contributed by atoms with E-state index in [1.165, 1.54) is 3.57 Å². The molecule has 1 N–H and O–H groups in total. The molecular formula is C10H11IO2. The van der Waals surface area contributed by atoms with Gasteiger partial charge in [0.05, 0.1) is 6.10 Å². The molecule has 0 heterocycles. The quantitative estimate of drug-likeness (QED) is 0.846. The Kier molecular flexibility index (Phi) is 2.74. The zero-order valence-electron chi connectivity index (χ0n) is 7.11. The molecule has 70 valence electrons. The second-order valence-corrected chi connectivity index (χ2v) is 4.56. The summed E-state index contributed by atoms with van der Waals surface area (Å²) in [5, 5.41) is 9.06. The van der Waals surface area contributed by atoms with Gasteiger partial charge < -0.3 is 9.84 Å². The highest BCUT2D eigenvalue weighted by Crippen LogP contribution is 2.25. The molecule has 0 amide bonds. The Hall–Kier alpha value is -0.290. The van der Waals surface area contributed by atoms with Gasteiger partial charge in [0.15, 0.2) is 0 Å². The minimum absolute atomic E-state index is 0.145. The molecule has 0 aromatic heterocycles. The highest BCUT2D eigenvalue weighted by Gasteiger charge is 2.28. The van der Waals surface area contributed by atoms with E-state index in [2.05, 4.69) is 22.6 Å². The zero-order valence-corrected chi connectivity index (χ0v) is 9.27. The molecule has 1 aromatic rings. The van der Waals surface area contributed by atoms with Gasteiger partial charge in [-0.05, 0) is 46.9 Å². The summed E-state index contributed by atoms with van der Waals surface area (Å²) in [6, 6.07) is 7.97. The average Bonchev–Trinajstić information content (AvgIpc) is 2.06. The second kappa shape index (κ2) is 3.84. The third-order valence-corrected chi connectivity index (χ3v) is 2.91. The van der Waals surface area contributed by atoms with Crippen molar-refractivity contribution in [3.8, 4) is 5.75 Å². The first-order chi connectivity index (χ1) is 6.24. The Bertz CT molecular complexity index is 277. The first-order valence-electron chi connectivity index (χ1n) is 4.34. The van der Waals surface area contributed by atoms with Crippen molar-refractivity contribution in [3.05, 3.63) is 27.8 Å². The van der Waals surface area contributed by atoms with Gasteiger partial charge in [0.1, 0.15) is 11.9 Å². The number of aliphatic hydroxyl groups excluding tert-OH is 1. The van der Waals surface area contributed by atoms with E-state index in [0.29, 0.717) is 0 Å². The minimum Gasteiger partial charge on any atom is -0.490 e. The molecule has 1 aromatic carbocycles. The number of rotatable bonds is 2. The van der Waals surface area contributed by atoms with E-state index in [-0.39, 0.29) is 12.2 Å². The number of benzene rings is 1. The molecule has 1 saturated carbocycles. The lowest BCUT2D eigenvalue weighted by atomic mass is 9.92. The number of halogens is 1. The molecule has 3 heteroatoms. The number of hydrogen-bond donors (Lipinski definition) is 1. The van der Waals surface area contributed by atoms with Crippen molar-refractivity contribution in [1.29, 1.82) is 0 Å². The monoisotopic (exact) mass is 290 g/mol. The van der Waals surface area contributed by atoms with Crippen LogP contribution in [0.3, 0.4) is 0 Å². The highest BCUT2D eigenvalue weighted by atomic mass is 127.